The molecule has 2 aromatic carbocycles. The van der Waals surface area contributed by atoms with Crippen LogP contribution in [0.2, 0.25) is 0 Å². The van der Waals surface area contributed by atoms with Crippen LogP contribution in [0.1, 0.15) is 12.7 Å². The van der Waals surface area contributed by atoms with Gasteiger partial charge in [-0.3, -0.25) is 0 Å². The molecule has 0 saturated heterocycles. The molecular formula is C17H17N2S+. The molecule has 0 aliphatic heterocycles. The van der Waals surface area contributed by atoms with E-state index in [4.69, 9.17) is 4.98 Å². The molecule has 0 fully saturated rings. The van der Waals surface area contributed by atoms with E-state index in [0.29, 0.717) is 0 Å². The Morgan fingerprint density at radius 2 is 1.70 bits per heavy atom. The second-order valence-electron chi connectivity index (χ2n) is 4.58. The summed E-state index contributed by atoms with van der Waals surface area (Å²) in [4.78, 5) is 4.84. The van der Waals surface area contributed by atoms with Gasteiger partial charge in [-0.25, -0.2) is 0 Å². The fourth-order valence-electron chi connectivity index (χ4n) is 2.47. The molecule has 3 heteroatoms. The highest BCUT2D eigenvalue weighted by molar-refractivity contribution is 7.98. The van der Waals surface area contributed by atoms with Crippen molar-refractivity contribution in [1.29, 1.82) is 0 Å². The summed E-state index contributed by atoms with van der Waals surface area (Å²) in [6.07, 6.45) is 2.99. The van der Waals surface area contributed by atoms with Gasteiger partial charge in [-0.2, -0.15) is 4.57 Å². The van der Waals surface area contributed by atoms with Crippen LogP contribution in [-0.2, 0) is 6.42 Å². The third kappa shape index (κ3) is 2.18. The zero-order valence-electron chi connectivity index (χ0n) is 11.7. The van der Waals surface area contributed by atoms with Gasteiger partial charge in [-0.1, -0.05) is 49.0 Å². The van der Waals surface area contributed by atoms with Crippen LogP contribution in [0.25, 0.3) is 16.6 Å². The van der Waals surface area contributed by atoms with Gasteiger partial charge in [0.25, 0.3) is 0 Å². The maximum absolute atomic E-state index is 4.84. The molecular weight excluding hydrogens is 264 g/mol. The van der Waals surface area contributed by atoms with Gasteiger partial charge in [0.05, 0.1) is 11.8 Å². The van der Waals surface area contributed by atoms with Gasteiger partial charge in [-0.15, -0.1) is 0 Å². The number of rotatable bonds is 3. The number of hydrogen-bond acceptors (Lipinski definition) is 2. The molecule has 3 aromatic rings. The lowest BCUT2D eigenvalue weighted by Crippen LogP contribution is -2.38. The molecule has 0 bridgehead atoms. The molecule has 100 valence electrons. The first-order valence-electron chi connectivity index (χ1n) is 6.78. The van der Waals surface area contributed by atoms with E-state index in [2.05, 4.69) is 66.3 Å². The van der Waals surface area contributed by atoms with Gasteiger partial charge in [0, 0.05) is 0 Å². The van der Waals surface area contributed by atoms with Crippen LogP contribution in [0.4, 0.5) is 0 Å². The predicted octanol–water partition coefficient (Wildman–Crippen LogP) is 3.80. The Morgan fingerprint density at radius 1 is 1.00 bits per heavy atom. The van der Waals surface area contributed by atoms with E-state index in [9.17, 15) is 0 Å². The Balaban J connectivity index is 2.41. The number of para-hydroxylation sites is 2. The summed E-state index contributed by atoms with van der Waals surface area (Å²) in [5, 5.41) is 2.31. The van der Waals surface area contributed by atoms with Crippen molar-refractivity contribution in [3.05, 3.63) is 60.4 Å². The first-order chi connectivity index (χ1) is 9.85. The number of benzene rings is 2. The van der Waals surface area contributed by atoms with Crippen LogP contribution in [0.3, 0.4) is 0 Å². The van der Waals surface area contributed by atoms with Crippen LogP contribution in [-0.4, -0.2) is 11.2 Å². The summed E-state index contributed by atoms with van der Waals surface area (Å²) in [7, 11) is 0. The molecule has 3 rings (SSSR count). The summed E-state index contributed by atoms with van der Waals surface area (Å²) in [5.74, 6) is 1.10. The van der Waals surface area contributed by atoms with Crippen LogP contribution >= 0.6 is 11.8 Å². The molecule has 20 heavy (non-hydrogen) atoms. The molecule has 0 aliphatic carbocycles. The number of hydrogen-bond donors (Lipinski definition) is 0. The fraction of sp³-hybridized carbons (Fsp3) is 0.176. The lowest BCUT2D eigenvalue weighted by Gasteiger charge is -2.08. The highest BCUT2D eigenvalue weighted by Crippen LogP contribution is 2.23. The lowest BCUT2D eigenvalue weighted by molar-refractivity contribution is -0.580. The zero-order chi connectivity index (χ0) is 13.9. The molecule has 0 amide bonds. The molecule has 0 radical (unpaired) electrons. The van der Waals surface area contributed by atoms with Crippen LogP contribution < -0.4 is 4.57 Å². The van der Waals surface area contributed by atoms with Crippen LogP contribution in [0.5, 0.6) is 0 Å². The average molecular weight is 281 g/mol. The third-order valence-corrected chi connectivity index (χ3v) is 4.09. The smallest absolute Gasteiger partial charge is 0.193 e. The Hall–Kier alpha value is -1.87. The third-order valence-electron chi connectivity index (χ3n) is 3.39. The summed E-state index contributed by atoms with van der Waals surface area (Å²) in [6, 6.07) is 18.9. The standard InChI is InChI=1S/C17H17N2S/c1-3-16-18-17(20-2)14-11-7-8-12-15(14)19(16)13-9-5-4-6-10-13/h4-12H,3H2,1-2H3/q+1. The maximum atomic E-state index is 4.84. The van der Waals surface area contributed by atoms with E-state index in [1.54, 1.807) is 11.8 Å². The first-order valence-corrected chi connectivity index (χ1v) is 8.00. The van der Waals surface area contributed by atoms with Gasteiger partial charge >= 0.3 is 5.82 Å². The normalized spacial score (nSPS) is 10.9. The highest BCUT2D eigenvalue weighted by Gasteiger charge is 2.20. The number of thioether (sulfide) groups is 1. The Kier molecular flexibility index (Phi) is 3.70. The minimum atomic E-state index is 0.910. The van der Waals surface area contributed by atoms with Gasteiger partial charge < -0.3 is 0 Å². The molecule has 0 aliphatic rings. The van der Waals surface area contributed by atoms with E-state index in [-0.39, 0.29) is 0 Å². The van der Waals surface area contributed by atoms with E-state index < -0.39 is 0 Å². The number of nitrogens with zero attached hydrogens (tertiary/aromatic N) is 2. The molecule has 0 N–H and O–H groups in total. The molecule has 2 nitrogen and oxygen atoms in total. The summed E-state index contributed by atoms with van der Waals surface area (Å²) >= 11 is 1.71. The van der Waals surface area contributed by atoms with Crippen LogP contribution in [0, 0.1) is 0 Å². The molecule has 0 unspecified atom stereocenters. The molecule has 1 aromatic heterocycles. The van der Waals surface area contributed by atoms with Crippen molar-refractivity contribution in [2.75, 3.05) is 6.26 Å². The van der Waals surface area contributed by atoms with Gasteiger partial charge in [0.15, 0.2) is 0 Å². The largest absolute Gasteiger partial charge is 0.305 e. The SMILES string of the molecule is CCc1nc(SC)c2ccccc2[n+]1-c1ccccc1. The minimum Gasteiger partial charge on any atom is -0.193 e. The molecule has 0 saturated carbocycles. The second kappa shape index (κ2) is 5.63. The Morgan fingerprint density at radius 3 is 2.40 bits per heavy atom. The zero-order valence-corrected chi connectivity index (χ0v) is 12.5. The predicted molar refractivity (Wildman–Crippen MR) is 84.4 cm³/mol. The first kappa shape index (κ1) is 13.1. The molecule has 0 spiro atoms. The second-order valence-corrected chi connectivity index (χ2v) is 5.37. The van der Waals surface area contributed by atoms with Crippen molar-refractivity contribution >= 4 is 22.7 Å². The van der Waals surface area contributed by atoms with Crippen molar-refractivity contribution < 1.29 is 4.57 Å². The minimum absolute atomic E-state index is 0.910. The lowest BCUT2D eigenvalue weighted by atomic mass is 10.2. The van der Waals surface area contributed by atoms with Crippen molar-refractivity contribution in [1.82, 2.24) is 4.98 Å². The van der Waals surface area contributed by atoms with Crippen LogP contribution in [0.15, 0.2) is 59.6 Å². The van der Waals surface area contributed by atoms with Crippen molar-refractivity contribution in [3.63, 3.8) is 0 Å². The quantitative estimate of drug-likeness (QED) is 0.412. The Bertz CT molecular complexity index is 739. The number of aromatic nitrogens is 2. The van der Waals surface area contributed by atoms with Gasteiger partial charge in [0.2, 0.25) is 5.03 Å². The van der Waals surface area contributed by atoms with Crippen molar-refractivity contribution in [2.24, 2.45) is 0 Å². The summed E-state index contributed by atoms with van der Waals surface area (Å²) in [6.45, 7) is 2.15. The summed E-state index contributed by atoms with van der Waals surface area (Å²) in [5.41, 5.74) is 2.38. The van der Waals surface area contributed by atoms with E-state index in [1.165, 1.54) is 16.6 Å². The average Bonchev–Trinajstić information content (AvgIpc) is 2.54. The monoisotopic (exact) mass is 281 g/mol. The number of fused-ring (bicyclic) bond motifs is 1. The Labute approximate surface area is 123 Å². The molecule has 1 heterocycles. The topological polar surface area (TPSA) is 16.8 Å². The molecule has 0 atom stereocenters. The van der Waals surface area contributed by atoms with E-state index >= 15 is 0 Å². The van der Waals surface area contributed by atoms with Crippen molar-refractivity contribution in [2.45, 2.75) is 18.4 Å². The van der Waals surface area contributed by atoms with E-state index in [0.717, 1.165) is 17.3 Å². The number of aryl methyl sites for hydroxylation is 1. The van der Waals surface area contributed by atoms with E-state index in [1.807, 2.05) is 6.07 Å². The maximum Gasteiger partial charge on any atom is 0.305 e. The summed E-state index contributed by atoms with van der Waals surface area (Å²) < 4.78 is 2.26. The van der Waals surface area contributed by atoms with Gasteiger partial charge in [-0.05, 0) is 35.5 Å². The fourth-order valence-corrected chi connectivity index (χ4v) is 3.06. The van der Waals surface area contributed by atoms with Crippen molar-refractivity contribution in [3.8, 4) is 5.69 Å². The highest BCUT2D eigenvalue weighted by atomic mass is 32.2. The van der Waals surface area contributed by atoms with Gasteiger partial charge in [0.1, 0.15) is 11.2 Å².